The lowest BCUT2D eigenvalue weighted by Gasteiger charge is -2.28. The number of amides is 1. The fraction of sp³-hybridized carbons (Fsp3) is 0.409. The summed E-state index contributed by atoms with van der Waals surface area (Å²) in [5.41, 5.74) is 1.04. The number of hydrogen-bond acceptors (Lipinski definition) is 4. The van der Waals surface area contributed by atoms with Gasteiger partial charge in [0.2, 0.25) is 0 Å². The second-order valence-corrected chi connectivity index (χ2v) is 9.48. The van der Waals surface area contributed by atoms with Crippen molar-refractivity contribution in [3.05, 3.63) is 60.2 Å². The van der Waals surface area contributed by atoms with Crippen LogP contribution in [0.2, 0.25) is 0 Å². The van der Waals surface area contributed by atoms with Gasteiger partial charge in [-0.1, -0.05) is 18.2 Å². The molecule has 154 valence electrons. The number of anilines is 1. The Morgan fingerprint density at radius 3 is 2.31 bits per heavy atom. The van der Waals surface area contributed by atoms with E-state index in [1.807, 2.05) is 4.90 Å². The summed E-state index contributed by atoms with van der Waals surface area (Å²) >= 11 is 0. The molecule has 6 nitrogen and oxygen atoms in total. The summed E-state index contributed by atoms with van der Waals surface area (Å²) in [5.74, 6) is 0.0316. The molecule has 2 aromatic rings. The van der Waals surface area contributed by atoms with E-state index in [-0.39, 0.29) is 16.8 Å². The van der Waals surface area contributed by atoms with Crippen LogP contribution in [0.15, 0.2) is 59.5 Å². The zero-order valence-electron chi connectivity index (χ0n) is 16.5. The molecule has 2 aromatic carbocycles. The molecule has 4 rings (SSSR count). The Bertz CT molecular complexity index is 939. The predicted octanol–water partition coefficient (Wildman–Crippen LogP) is 3.19. The highest BCUT2D eigenvalue weighted by molar-refractivity contribution is 7.92. The van der Waals surface area contributed by atoms with Gasteiger partial charge in [0.1, 0.15) is 0 Å². The standard InChI is InChI=1S/C22H27N3O3S/c26-22(25-16-6-7-20(25)17-24-14-4-5-15-24)18-10-12-19(13-11-18)23-29(27,28)21-8-2-1-3-9-21/h1-3,8-13,20,23H,4-7,14-17H2. The highest BCUT2D eigenvalue weighted by Crippen LogP contribution is 2.24. The molecule has 2 aliphatic rings. The van der Waals surface area contributed by atoms with E-state index in [2.05, 4.69) is 9.62 Å². The molecule has 1 unspecified atom stereocenters. The lowest BCUT2D eigenvalue weighted by Crippen LogP contribution is -2.42. The first-order valence-electron chi connectivity index (χ1n) is 10.2. The van der Waals surface area contributed by atoms with Gasteiger partial charge >= 0.3 is 0 Å². The van der Waals surface area contributed by atoms with Gasteiger partial charge < -0.3 is 9.80 Å². The molecule has 2 heterocycles. The van der Waals surface area contributed by atoms with Crippen molar-refractivity contribution in [1.29, 1.82) is 0 Å². The molecule has 2 saturated heterocycles. The topological polar surface area (TPSA) is 69.7 Å². The number of carbonyl (C=O) groups is 1. The zero-order chi connectivity index (χ0) is 20.3. The molecule has 0 radical (unpaired) electrons. The number of nitrogens with one attached hydrogen (secondary N) is 1. The SMILES string of the molecule is O=C(c1ccc(NS(=O)(=O)c2ccccc2)cc1)N1CCCC1CN1CCCC1. The largest absolute Gasteiger partial charge is 0.334 e. The van der Waals surface area contributed by atoms with Crippen molar-refractivity contribution in [3.8, 4) is 0 Å². The van der Waals surface area contributed by atoms with Crippen molar-refractivity contribution in [1.82, 2.24) is 9.80 Å². The molecule has 0 spiro atoms. The second-order valence-electron chi connectivity index (χ2n) is 7.80. The summed E-state index contributed by atoms with van der Waals surface area (Å²) < 4.78 is 27.5. The molecule has 0 bridgehead atoms. The predicted molar refractivity (Wildman–Crippen MR) is 113 cm³/mol. The Kier molecular flexibility index (Phi) is 5.87. The minimum absolute atomic E-state index is 0.0316. The van der Waals surface area contributed by atoms with E-state index in [1.165, 1.54) is 12.8 Å². The monoisotopic (exact) mass is 413 g/mol. The van der Waals surface area contributed by atoms with Gasteiger partial charge in [-0.05, 0) is 75.2 Å². The molecule has 2 fully saturated rings. The third-order valence-corrected chi connectivity index (χ3v) is 7.14. The number of likely N-dealkylation sites (tertiary alicyclic amines) is 2. The Morgan fingerprint density at radius 1 is 0.931 bits per heavy atom. The molecular weight excluding hydrogens is 386 g/mol. The third-order valence-electron chi connectivity index (χ3n) is 5.74. The molecule has 0 aromatic heterocycles. The number of sulfonamides is 1. The van der Waals surface area contributed by atoms with Gasteiger partial charge in [-0.25, -0.2) is 8.42 Å². The molecule has 1 N–H and O–H groups in total. The number of hydrogen-bond donors (Lipinski definition) is 1. The molecule has 0 aliphatic carbocycles. The van der Waals surface area contributed by atoms with Crippen LogP contribution < -0.4 is 4.72 Å². The van der Waals surface area contributed by atoms with Gasteiger partial charge in [-0.15, -0.1) is 0 Å². The molecule has 7 heteroatoms. The van der Waals surface area contributed by atoms with Crippen molar-refractivity contribution in [2.45, 2.75) is 36.6 Å². The second kappa shape index (κ2) is 8.55. The van der Waals surface area contributed by atoms with Crippen molar-refractivity contribution in [2.75, 3.05) is 30.9 Å². The van der Waals surface area contributed by atoms with E-state index >= 15 is 0 Å². The molecule has 29 heavy (non-hydrogen) atoms. The minimum atomic E-state index is -3.64. The van der Waals surface area contributed by atoms with Crippen LogP contribution in [0.4, 0.5) is 5.69 Å². The van der Waals surface area contributed by atoms with Crippen molar-refractivity contribution in [3.63, 3.8) is 0 Å². The zero-order valence-corrected chi connectivity index (χ0v) is 17.3. The van der Waals surface area contributed by atoms with Crippen molar-refractivity contribution >= 4 is 21.6 Å². The van der Waals surface area contributed by atoms with Gasteiger partial charge in [-0.3, -0.25) is 9.52 Å². The van der Waals surface area contributed by atoms with Crippen LogP contribution in [0, 0.1) is 0 Å². The highest BCUT2D eigenvalue weighted by Gasteiger charge is 2.31. The minimum Gasteiger partial charge on any atom is -0.334 e. The fourth-order valence-corrected chi connectivity index (χ4v) is 5.30. The average Bonchev–Trinajstić information content (AvgIpc) is 3.41. The van der Waals surface area contributed by atoms with E-state index in [0.717, 1.165) is 39.0 Å². The van der Waals surface area contributed by atoms with Crippen LogP contribution >= 0.6 is 0 Å². The van der Waals surface area contributed by atoms with Crippen LogP contribution in [0.1, 0.15) is 36.0 Å². The van der Waals surface area contributed by atoms with Gasteiger partial charge in [0, 0.05) is 30.4 Å². The van der Waals surface area contributed by atoms with Crippen LogP contribution in [0.3, 0.4) is 0 Å². The van der Waals surface area contributed by atoms with Crippen molar-refractivity contribution < 1.29 is 13.2 Å². The Morgan fingerprint density at radius 2 is 1.62 bits per heavy atom. The lowest BCUT2D eigenvalue weighted by molar-refractivity contribution is 0.0709. The molecule has 1 amide bonds. The van der Waals surface area contributed by atoms with Crippen LogP contribution in [-0.2, 0) is 10.0 Å². The first-order valence-corrected chi connectivity index (χ1v) is 11.7. The van der Waals surface area contributed by atoms with Crippen LogP contribution in [0.25, 0.3) is 0 Å². The summed E-state index contributed by atoms with van der Waals surface area (Å²) in [5, 5.41) is 0. The summed E-state index contributed by atoms with van der Waals surface area (Å²) in [6, 6.07) is 15.2. The number of benzene rings is 2. The maximum absolute atomic E-state index is 13.0. The highest BCUT2D eigenvalue weighted by atomic mass is 32.2. The molecule has 1 atom stereocenters. The summed E-state index contributed by atoms with van der Waals surface area (Å²) in [6.45, 7) is 4.02. The molecule has 2 aliphatic heterocycles. The van der Waals surface area contributed by atoms with Gasteiger partial charge in [0.15, 0.2) is 0 Å². The number of nitrogens with zero attached hydrogens (tertiary/aromatic N) is 2. The number of carbonyl (C=O) groups excluding carboxylic acids is 1. The Labute approximate surface area is 172 Å². The Balaban J connectivity index is 1.42. The van der Waals surface area contributed by atoms with E-state index in [1.54, 1.807) is 54.6 Å². The van der Waals surface area contributed by atoms with E-state index in [4.69, 9.17) is 0 Å². The first-order chi connectivity index (χ1) is 14.0. The summed E-state index contributed by atoms with van der Waals surface area (Å²) in [4.78, 5) is 17.7. The quantitative estimate of drug-likeness (QED) is 0.790. The number of rotatable bonds is 6. The van der Waals surface area contributed by atoms with E-state index in [0.29, 0.717) is 11.3 Å². The average molecular weight is 414 g/mol. The van der Waals surface area contributed by atoms with Gasteiger partial charge in [-0.2, -0.15) is 0 Å². The molecule has 0 saturated carbocycles. The van der Waals surface area contributed by atoms with Crippen LogP contribution in [0.5, 0.6) is 0 Å². The normalized spacial score (nSPS) is 20.1. The van der Waals surface area contributed by atoms with Gasteiger partial charge in [0.05, 0.1) is 4.90 Å². The van der Waals surface area contributed by atoms with Crippen LogP contribution in [-0.4, -0.2) is 56.3 Å². The lowest BCUT2D eigenvalue weighted by atomic mass is 10.1. The maximum Gasteiger partial charge on any atom is 0.261 e. The maximum atomic E-state index is 13.0. The molecular formula is C22H27N3O3S. The van der Waals surface area contributed by atoms with Crippen molar-refractivity contribution in [2.24, 2.45) is 0 Å². The fourth-order valence-electron chi connectivity index (χ4n) is 4.22. The van der Waals surface area contributed by atoms with E-state index in [9.17, 15) is 13.2 Å². The van der Waals surface area contributed by atoms with Gasteiger partial charge in [0.25, 0.3) is 15.9 Å². The van der Waals surface area contributed by atoms with E-state index < -0.39 is 10.0 Å². The summed E-state index contributed by atoms with van der Waals surface area (Å²) in [6.07, 6.45) is 4.60. The summed E-state index contributed by atoms with van der Waals surface area (Å²) in [7, 11) is -3.64. The first kappa shape index (κ1) is 19.9. The Hall–Kier alpha value is -2.38. The smallest absolute Gasteiger partial charge is 0.261 e. The third kappa shape index (κ3) is 4.62.